The van der Waals surface area contributed by atoms with Crippen LogP contribution in [0.5, 0.6) is 0 Å². The SMILES string of the molecule is CC(C)CNC(=O)[C@H](C)N(Cc1ccc(Cl)cc1Cl)C(=O)CCSCc1ccccc1. The van der Waals surface area contributed by atoms with E-state index in [1.54, 1.807) is 41.8 Å². The van der Waals surface area contributed by atoms with Crippen LogP contribution in [0.1, 0.15) is 38.3 Å². The zero-order chi connectivity index (χ0) is 22.8. The Bertz CT molecular complexity index is 862. The highest BCUT2D eigenvalue weighted by molar-refractivity contribution is 7.98. The molecule has 2 aromatic rings. The van der Waals surface area contributed by atoms with Gasteiger partial charge in [0.15, 0.2) is 0 Å². The van der Waals surface area contributed by atoms with Gasteiger partial charge in [-0.15, -0.1) is 0 Å². The lowest BCUT2D eigenvalue weighted by molar-refractivity contribution is -0.140. The van der Waals surface area contributed by atoms with Crippen LogP contribution in [0.3, 0.4) is 0 Å². The van der Waals surface area contributed by atoms with Crippen molar-refractivity contribution in [1.82, 2.24) is 10.2 Å². The first-order chi connectivity index (χ1) is 14.8. The number of benzene rings is 2. The molecular weight excluding hydrogens is 451 g/mol. The van der Waals surface area contributed by atoms with Gasteiger partial charge >= 0.3 is 0 Å². The number of amides is 2. The number of carbonyl (C=O) groups is 2. The normalized spacial score (nSPS) is 11.9. The lowest BCUT2D eigenvalue weighted by Gasteiger charge is -2.29. The van der Waals surface area contributed by atoms with Gasteiger partial charge in [0.05, 0.1) is 0 Å². The number of thioether (sulfide) groups is 1. The lowest BCUT2D eigenvalue weighted by Crippen LogP contribution is -2.48. The third-order valence-electron chi connectivity index (χ3n) is 4.78. The molecule has 31 heavy (non-hydrogen) atoms. The monoisotopic (exact) mass is 480 g/mol. The van der Waals surface area contributed by atoms with Crippen molar-refractivity contribution in [3.05, 3.63) is 69.7 Å². The topological polar surface area (TPSA) is 49.4 Å². The smallest absolute Gasteiger partial charge is 0.242 e. The second-order valence-electron chi connectivity index (χ2n) is 7.86. The van der Waals surface area contributed by atoms with Crippen LogP contribution in [0.2, 0.25) is 10.0 Å². The Labute approximate surface area is 199 Å². The summed E-state index contributed by atoms with van der Waals surface area (Å²) < 4.78 is 0. The zero-order valence-corrected chi connectivity index (χ0v) is 20.6. The Morgan fingerprint density at radius 2 is 1.77 bits per heavy atom. The van der Waals surface area contributed by atoms with E-state index >= 15 is 0 Å². The van der Waals surface area contributed by atoms with Crippen molar-refractivity contribution in [2.24, 2.45) is 5.92 Å². The van der Waals surface area contributed by atoms with E-state index in [1.807, 2.05) is 32.0 Å². The van der Waals surface area contributed by atoms with E-state index in [0.717, 1.165) is 11.3 Å². The molecular formula is C24H30Cl2N2O2S. The van der Waals surface area contributed by atoms with E-state index in [-0.39, 0.29) is 18.4 Å². The summed E-state index contributed by atoms with van der Waals surface area (Å²) in [7, 11) is 0. The molecule has 168 valence electrons. The molecule has 2 aromatic carbocycles. The van der Waals surface area contributed by atoms with Gasteiger partial charge in [0.2, 0.25) is 11.8 Å². The molecule has 2 amide bonds. The summed E-state index contributed by atoms with van der Waals surface area (Å²) in [6.45, 7) is 6.65. The summed E-state index contributed by atoms with van der Waals surface area (Å²) in [5.41, 5.74) is 1.99. The molecule has 0 spiro atoms. The largest absolute Gasteiger partial charge is 0.354 e. The molecule has 7 heteroatoms. The Kier molecular flexibility index (Phi) is 10.7. The van der Waals surface area contributed by atoms with Crippen molar-refractivity contribution in [3.8, 4) is 0 Å². The summed E-state index contributed by atoms with van der Waals surface area (Å²) in [4.78, 5) is 27.4. The van der Waals surface area contributed by atoms with E-state index in [0.29, 0.717) is 34.7 Å². The van der Waals surface area contributed by atoms with Gasteiger partial charge in [0.1, 0.15) is 6.04 Å². The zero-order valence-electron chi connectivity index (χ0n) is 18.2. The predicted octanol–water partition coefficient (Wildman–Crippen LogP) is 5.81. The van der Waals surface area contributed by atoms with E-state index in [1.165, 1.54) is 5.56 Å². The molecule has 4 nitrogen and oxygen atoms in total. The molecule has 2 rings (SSSR count). The number of hydrogen-bond acceptors (Lipinski definition) is 3. The molecule has 0 fully saturated rings. The maximum atomic E-state index is 13.1. The van der Waals surface area contributed by atoms with E-state index in [4.69, 9.17) is 23.2 Å². The van der Waals surface area contributed by atoms with E-state index in [9.17, 15) is 9.59 Å². The van der Waals surface area contributed by atoms with Gasteiger partial charge in [0.25, 0.3) is 0 Å². The maximum Gasteiger partial charge on any atom is 0.242 e. The van der Waals surface area contributed by atoms with Crippen LogP contribution in [0.4, 0.5) is 0 Å². The van der Waals surface area contributed by atoms with Crippen LogP contribution in [-0.4, -0.2) is 35.1 Å². The van der Waals surface area contributed by atoms with Gasteiger partial charge in [-0.05, 0) is 36.1 Å². The fourth-order valence-corrected chi connectivity index (χ4v) is 4.30. The quantitative estimate of drug-likeness (QED) is 0.413. The highest BCUT2D eigenvalue weighted by atomic mass is 35.5. The molecule has 0 aliphatic heterocycles. The van der Waals surface area contributed by atoms with Crippen LogP contribution >= 0.6 is 35.0 Å². The third kappa shape index (κ3) is 8.76. The summed E-state index contributed by atoms with van der Waals surface area (Å²) in [5.74, 6) is 1.63. The summed E-state index contributed by atoms with van der Waals surface area (Å²) in [5, 5.41) is 3.94. The minimum Gasteiger partial charge on any atom is -0.354 e. The fourth-order valence-electron chi connectivity index (χ4n) is 2.94. The van der Waals surface area contributed by atoms with Gasteiger partial charge in [-0.3, -0.25) is 9.59 Å². The number of nitrogens with one attached hydrogen (secondary N) is 1. The average molecular weight is 481 g/mol. The lowest BCUT2D eigenvalue weighted by atomic mass is 10.1. The number of nitrogens with zero attached hydrogens (tertiary/aromatic N) is 1. The van der Waals surface area contributed by atoms with Gasteiger partial charge in [-0.2, -0.15) is 11.8 Å². The second-order valence-corrected chi connectivity index (χ2v) is 9.81. The van der Waals surface area contributed by atoms with Crippen LogP contribution in [0, 0.1) is 5.92 Å². The highest BCUT2D eigenvalue weighted by Gasteiger charge is 2.26. The average Bonchev–Trinajstić information content (AvgIpc) is 2.74. The maximum absolute atomic E-state index is 13.1. The van der Waals surface area contributed by atoms with Crippen molar-refractivity contribution >= 4 is 46.8 Å². The number of carbonyl (C=O) groups excluding carboxylic acids is 2. The van der Waals surface area contributed by atoms with Crippen molar-refractivity contribution in [1.29, 1.82) is 0 Å². The molecule has 0 aliphatic carbocycles. The minimum absolute atomic E-state index is 0.0706. The second kappa shape index (κ2) is 13.0. The van der Waals surface area contributed by atoms with Crippen molar-refractivity contribution < 1.29 is 9.59 Å². The first-order valence-electron chi connectivity index (χ1n) is 10.4. The Morgan fingerprint density at radius 1 is 1.06 bits per heavy atom. The third-order valence-corrected chi connectivity index (χ3v) is 6.40. The van der Waals surface area contributed by atoms with Gasteiger partial charge in [-0.25, -0.2) is 0 Å². The van der Waals surface area contributed by atoms with Crippen LogP contribution in [0.25, 0.3) is 0 Å². The van der Waals surface area contributed by atoms with Gasteiger partial charge in [0, 0.05) is 41.1 Å². The van der Waals surface area contributed by atoms with Crippen LogP contribution in [-0.2, 0) is 21.9 Å². The van der Waals surface area contributed by atoms with Crippen LogP contribution < -0.4 is 5.32 Å². The number of halogens is 2. The Hall–Kier alpha value is -1.69. The molecule has 0 saturated heterocycles. The van der Waals surface area contributed by atoms with E-state index in [2.05, 4.69) is 17.4 Å². The summed E-state index contributed by atoms with van der Waals surface area (Å²) in [6.07, 6.45) is 0.352. The highest BCUT2D eigenvalue weighted by Crippen LogP contribution is 2.24. The summed E-state index contributed by atoms with van der Waals surface area (Å²) in [6, 6.07) is 14.8. The fraction of sp³-hybridized carbons (Fsp3) is 0.417. The number of rotatable bonds is 11. The molecule has 0 heterocycles. The van der Waals surface area contributed by atoms with Crippen molar-refractivity contribution in [2.45, 2.75) is 45.5 Å². The Morgan fingerprint density at radius 3 is 2.42 bits per heavy atom. The molecule has 0 aromatic heterocycles. The molecule has 1 atom stereocenters. The Balaban J connectivity index is 2.04. The first kappa shape index (κ1) is 25.6. The summed E-state index contributed by atoms with van der Waals surface area (Å²) >= 11 is 14.0. The van der Waals surface area contributed by atoms with Gasteiger partial charge in [-0.1, -0.05) is 73.4 Å². The molecule has 0 bridgehead atoms. The predicted molar refractivity (Wildman–Crippen MR) is 132 cm³/mol. The van der Waals surface area contributed by atoms with Crippen molar-refractivity contribution in [2.75, 3.05) is 12.3 Å². The molecule has 0 radical (unpaired) electrons. The van der Waals surface area contributed by atoms with Gasteiger partial charge < -0.3 is 10.2 Å². The molecule has 0 unspecified atom stereocenters. The van der Waals surface area contributed by atoms with Crippen molar-refractivity contribution in [3.63, 3.8) is 0 Å². The minimum atomic E-state index is -0.600. The first-order valence-corrected chi connectivity index (χ1v) is 12.3. The van der Waals surface area contributed by atoms with Crippen LogP contribution in [0.15, 0.2) is 48.5 Å². The van der Waals surface area contributed by atoms with E-state index < -0.39 is 6.04 Å². The molecule has 1 N–H and O–H groups in total. The number of hydrogen-bond donors (Lipinski definition) is 1. The molecule has 0 aliphatic rings. The molecule has 0 saturated carbocycles. The standard InChI is InChI=1S/C24H30Cl2N2O2S/c1-17(2)14-27-24(30)18(3)28(15-20-9-10-21(25)13-22(20)26)23(29)11-12-31-16-19-7-5-4-6-8-19/h4-10,13,17-18H,11-12,14-16H2,1-3H3,(H,27,30)/t18-/m0/s1.